The summed E-state index contributed by atoms with van der Waals surface area (Å²) < 4.78 is 31.6. The highest BCUT2D eigenvalue weighted by molar-refractivity contribution is 6.06. The van der Waals surface area contributed by atoms with Gasteiger partial charge >= 0.3 is 0 Å². The van der Waals surface area contributed by atoms with Gasteiger partial charge in [-0.15, -0.1) is 0 Å². The van der Waals surface area contributed by atoms with E-state index in [1.807, 2.05) is 6.07 Å². The molecule has 0 saturated heterocycles. The van der Waals surface area contributed by atoms with Gasteiger partial charge in [-0.05, 0) is 24.3 Å². The summed E-state index contributed by atoms with van der Waals surface area (Å²) in [6, 6.07) is 10.1. The number of halogens is 2. The number of hydrogen-bond acceptors (Lipinski definition) is 4. The number of carbonyl (C=O) groups is 1. The first kappa shape index (κ1) is 15.9. The van der Waals surface area contributed by atoms with Crippen LogP contribution < -0.4 is 10.1 Å². The van der Waals surface area contributed by atoms with Gasteiger partial charge in [0, 0.05) is 18.1 Å². The molecule has 0 spiro atoms. The third-order valence-electron chi connectivity index (χ3n) is 3.55. The lowest BCUT2D eigenvalue weighted by atomic mass is 10.0. The van der Waals surface area contributed by atoms with Crippen LogP contribution >= 0.6 is 0 Å². The number of rotatable bonds is 4. The Morgan fingerprint density at radius 2 is 2.12 bits per heavy atom. The highest BCUT2D eigenvalue weighted by atomic mass is 19.1. The molecule has 2 aromatic rings. The monoisotopic (exact) mass is 332 g/mol. The van der Waals surface area contributed by atoms with Crippen LogP contribution in [0.15, 0.2) is 47.6 Å². The summed E-state index contributed by atoms with van der Waals surface area (Å²) in [5, 5.41) is 6.28. The number of carbonyl (C=O) groups excluding carboxylic acids is 1. The van der Waals surface area contributed by atoms with Gasteiger partial charge in [0.1, 0.15) is 17.4 Å². The Balaban J connectivity index is 1.66. The fourth-order valence-electron chi connectivity index (χ4n) is 2.30. The molecule has 1 aliphatic rings. The van der Waals surface area contributed by atoms with E-state index in [-0.39, 0.29) is 12.1 Å². The van der Waals surface area contributed by atoms with Gasteiger partial charge in [-0.25, -0.2) is 8.78 Å². The summed E-state index contributed by atoms with van der Waals surface area (Å²) in [7, 11) is 1.56. The van der Waals surface area contributed by atoms with E-state index in [9.17, 15) is 13.6 Å². The molecule has 0 aliphatic carbocycles. The first-order valence-corrected chi connectivity index (χ1v) is 7.20. The van der Waals surface area contributed by atoms with Crippen LogP contribution in [0.1, 0.15) is 12.0 Å². The second-order valence-electron chi connectivity index (χ2n) is 5.18. The summed E-state index contributed by atoms with van der Waals surface area (Å²) in [5.74, 6) is -1.46. The predicted molar refractivity (Wildman–Crippen MR) is 84.0 cm³/mol. The maximum Gasteiger partial charge on any atom is 0.268 e. The van der Waals surface area contributed by atoms with Crippen molar-refractivity contribution in [3.8, 4) is 5.75 Å². The summed E-state index contributed by atoms with van der Waals surface area (Å²) in [6.45, 7) is 0. The number of nitrogens with one attached hydrogen (secondary N) is 1. The van der Waals surface area contributed by atoms with Crippen molar-refractivity contribution in [1.29, 1.82) is 0 Å². The van der Waals surface area contributed by atoms with Crippen LogP contribution in [-0.4, -0.2) is 24.8 Å². The number of nitrogens with zero attached hydrogens (tertiary/aromatic N) is 1. The van der Waals surface area contributed by atoms with Crippen molar-refractivity contribution in [2.75, 3.05) is 12.4 Å². The van der Waals surface area contributed by atoms with Crippen LogP contribution in [0.5, 0.6) is 5.75 Å². The molecule has 24 heavy (non-hydrogen) atoms. The standard InChI is InChI=1S/C17H14F2N2O3/c1-23-12-4-2-3-10(7-12)15-9-16(24-21-15)17(22)20-14-6-5-11(18)8-13(14)19/h2-8,16H,9H2,1H3,(H,20,22)/t16-/m0/s1. The number of anilines is 1. The van der Waals surface area contributed by atoms with Crippen molar-refractivity contribution >= 4 is 17.3 Å². The fraction of sp³-hybridized carbons (Fsp3) is 0.176. The lowest BCUT2D eigenvalue weighted by Gasteiger charge is -2.10. The Morgan fingerprint density at radius 1 is 1.29 bits per heavy atom. The van der Waals surface area contributed by atoms with E-state index in [1.54, 1.807) is 25.3 Å². The smallest absolute Gasteiger partial charge is 0.268 e. The van der Waals surface area contributed by atoms with Crippen molar-refractivity contribution in [3.63, 3.8) is 0 Å². The zero-order valence-electron chi connectivity index (χ0n) is 12.8. The first-order chi connectivity index (χ1) is 11.6. The zero-order valence-corrected chi connectivity index (χ0v) is 12.8. The van der Waals surface area contributed by atoms with E-state index in [0.717, 1.165) is 17.7 Å². The quantitative estimate of drug-likeness (QED) is 0.936. The lowest BCUT2D eigenvalue weighted by molar-refractivity contribution is -0.125. The third-order valence-corrected chi connectivity index (χ3v) is 3.55. The van der Waals surface area contributed by atoms with Crippen molar-refractivity contribution in [2.24, 2.45) is 5.16 Å². The van der Waals surface area contributed by atoms with E-state index in [1.165, 1.54) is 0 Å². The zero-order chi connectivity index (χ0) is 17.1. The van der Waals surface area contributed by atoms with Gasteiger partial charge in [-0.1, -0.05) is 17.3 Å². The molecule has 1 aliphatic heterocycles. The van der Waals surface area contributed by atoms with Crippen LogP contribution in [0.4, 0.5) is 14.5 Å². The van der Waals surface area contributed by atoms with Gasteiger partial charge in [-0.3, -0.25) is 4.79 Å². The van der Waals surface area contributed by atoms with Crippen LogP contribution in [-0.2, 0) is 9.63 Å². The van der Waals surface area contributed by atoms with Crippen molar-refractivity contribution < 1.29 is 23.1 Å². The molecule has 0 radical (unpaired) electrons. The van der Waals surface area contributed by atoms with Gasteiger partial charge in [0.25, 0.3) is 5.91 Å². The van der Waals surface area contributed by atoms with Gasteiger partial charge in [-0.2, -0.15) is 0 Å². The molecular formula is C17H14F2N2O3. The summed E-state index contributed by atoms with van der Waals surface area (Å²) in [6.07, 6.45) is -0.641. The second-order valence-corrected chi connectivity index (χ2v) is 5.18. The normalized spacial score (nSPS) is 16.3. The van der Waals surface area contributed by atoms with E-state index in [2.05, 4.69) is 10.5 Å². The highest BCUT2D eigenvalue weighted by Gasteiger charge is 2.29. The van der Waals surface area contributed by atoms with Gasteiger partial charge in [0.2, 0.25) is 6.10 Å². The molecule has 2 aromatic carbocycles. The predicted octanol–water partition coefficient (Wildman–Crippen LogP) is 3.11. The number of benzene rings is 2. The van der Waals surface area contributed by atoms with Crippen molar-refractivity contribution in [3.05, 3.63) is 59.7 Å². The topological polar surface area (TPSA) is 59.9 Å². The SMILES string of the molecule is COc1cccc(C2=NO[C@H](C(=O)Nc3ccc(F)cc3F)C2)c1. The minimum Gasteiger partial charge on any atom is -0.497 e. The number of amides is 1. The Hall–Kier alpha value is -2.96. The maximum atomic E-state index is 13.6. The third kappa shape index (κ3) is 3.34. The van der Waals surface area contributed by atoms with Gasteiger partial charge in [0.05, 0.1) is 18.5 Å². The van der Waals surface area contributed by atoms with E-state index < -0.39 is 23.6 Å². The molecule has 5 nitrogen and oxygen atoms in total. The maximum absolute atomic E-state index is 13.6. The van der Waals surface area contributed by atoms with Crippen LogP contribution in [0.2, 0.25) is 0 Å². The molecule has 0 unspecified atom stereocenters. The molecule has 0 fully saturated rings. The molecule has 3 rings (SSSR count). The highest BCUT2D eigenvalue weighted by Crippen LogP contribution is 2.22. The molecule has 124 valence electrons. The summed E-state index contributed by atoms with van der Waals surface area (Å²) in [5.41, 5.74) is 1.26. The Labute approximate surface area is 136 Å². The number of hydrogen-bond donors (Lipinski definition) is 1. The van der Waals surface area contributed by atoms with Crippen molar-refractivity contribution in [2.45, 2.75) is 12.5 Å². The lowest BCUT2D eigenvalue weighted by Crippen LogP contribution is -2.28. The molecule has 0 bridgehead atoms. The molecule has 1 atom stereocenters. The van der Waals surface area contributed by atoms with Crippen LogP contribution in [0, 0.1) is 11.6 Å². The molecule has 1 amide bonds. The summed E-state index contributed by atoms with van der Waals surface area (Å²) in [4.78, 5) is 17.3. The Kier molecular flexibility index (Phi) is 4.41. The molecule has 1 N–H and O–H groups in total. The summed E-state index contributed by atoms with van der Waals surface area (Å²) >= 11 is 0. The van der Waals surface area contributed by atoms with Crippen molar-refractivity contribution in [1.82, 2.24) is 0 Å². The molecule has 0 aromatic heterocycles. The minimum atomic E-state index is -0.879. The first-order valence-electron chi connectivity index (χ1n) is 7.20. The fourth-order valence-corrected chi connectivity index (χ4v) is 2.30. The number of ether oxygens (including phenoxy) is 1. The van der Waals surface area contributed by atoms with E-state index >= 15 is 0 Å². The Morgan fingerprint density at radius 3 is 2.88 bits per heavy atom. The van der Waals surface area contributed by atoms with E-state index in [0.29, 0.717) is 17.5 Å². The molecular weight excluding hydrogens is 318 g/mol. The van der Waals surface area contributed by atoms with Crippen LogP contribution in [0.25, 0.3) is 0 Å². The number of oxime groups is 1. The minimum absolute atomic E-state index is 0.111. The average Bonchev–Trinajstić information content (AvgIpc) is 3.07. The number of methoxy groups -OCH3 is 1. The van der Waals surface area contributed by atoms with Crippen LogP contribution in [0.3, 0.4) is 0 Å². The molecule has 1 heterocycles. The average molecular weight is 332 g/mol. The van der Waals surface area contributed by atoms with Gasteiger partial charge in [0.15, 0.2) is 0 Å². The second kappa shape index (κ2) is 6.66. The van der Waals surface area contributed by atoms with E-state index in [4.69, 9.17) is 9.57 Å². The molecule has 7 heteroatoms. The van der Waals surface area contributed by atoms with Gasteiger partial charge < -0.3 is 14.9 Å². The largest absolute Gasteiger partial charge is 0.497 e. The molecule has 0 saturated carbocycles. The Bertz CT molecular complexity index is 808.